The SMILES string of the molecule is COc1cc2scc(C)c2cc1SC. The van der Waals surface area contributed by atoms with Crippen molar-refractivity contribution in [2.45, 2.75) is 11.8 Å². The number of thioether (sulfide) groups is 1. The van der Waals surface area contributed by atoms with Crippen molar-refractivity contribution < 1.29 is 4.74 Å². The van der Waals surface area contributed by atoms with Crippen LogP contribution in [0, 0.1) is 6.92 Å². The number of thiophene rings is 1. The molecule has 0 bridgehead atoms. The lowest BCUT2D eigenvalue weighted by Gasteiger charge is -2.06. The van der Waals surface area contributed by atoms with Gasteiger partial charge in [0.1, 0.15) is 5.75 Å². The van der Waals surface area contributed by atoms with Gasteiger partial charge in [0, 0.05) is 9.60 Å². The standard InChI is InChI=1S/C11H12OS2/c1-7-6-14-10-5-9(12-2)11(13-3)4-8(7)10/h4-6H,1-3H3. The molecule has 0 amide bonds. The summed E-state index contributed by atoms with van der Waals surface area (Å²) < 4.78 is 6.64. The van der Waals surface area contributed by atoms with E-state index in [1.165, 1.54) is 20.5 Å². The third kappa shape index (κ3) is 1.51. The predicted octanol–water partition coefficient (Wildman–Crippen LogP) is 3.94. The summed E-state index contributed by atoms with van der Waals surface area (Å²) in [6.45, 7) is 2.15. The van der Waals surface area contributed by atoms with Crippen molar-refractivity contribution in [3.8, 4) is 5.75 Å². The van der Waals surface area contributed by atoms with Crippen LogP contribution in [0.2, 0.25) is 0 Å². The first-order chi connectivity index (χ1) is 6.76. The molecule has 0 radical (unpaired) electrons. The van der Waals surface area contributed by atoms with E-state index in [9.17, 15) is 0 Å². The van der Waals surface area contributed by atoms with Crippen LogP contribution in [0.15, 0.2) is 22.4 Å². The fourth-order valence-electron chi connectivity index (χ4n) is 1.48. The molecule has 14 heavy (non-hydrogen) atoms. The van der Waals surface area contributed by atoms with Crippen LogP contribution in [0.1, 0.15) is 5.56 Å². The van der Waals surface area contributed by atoms with Crippen LogP contribution >= 0.6 is 23.1 Å². The van der Waals surface area contributed by atoms with Gasteiger partial charge in [0.15, 0.2) is 0 Å². The van der Waals surface area contributed by atoms with Gasteiger partial charge < -0.3 is 4.74 Å². The molecule has 1 nitrogen and oxygen atoms in total. The molecule has 0 fully saturated rings. The average molecular weight is 224 g/mol. The van der Waals surface area contributed by atoms with Gasteiger partial charge in [0.2, 0.25) is 0 Å². The summed E-state index contributed by atoms with van der Waals surface area (Å²) in [6, 6.07) is 4.34. The maximum Gasteiger partial charge on any atom is 0.133 e. The highest BCUT2D eigenvalue weighted by molar-refractivity contribution is 7.98. The molecule has 2 aromatic rings. The van der Waals surface area contributed by atoms with Gasteiger partial charge >= 0.3 is 0 Å². The summed E-state index contributed by atoms with van der Waals surface area (Å²) in [7, 11) is 1.72. The third-order valence-corrected chi connectivity index (χ3v) is 4.10. The van der Waals surface area contributed by atoms with E-state index in [0.29, 0.717) is 0 Å². The Kier molecular flexibility index (Phi) is 2.70. The molecule has 0 atom stereocenters. The van der Waals surface area contributed by atoms with E-state index in [1.807, 2.05) is 0 Å². The minimum atomic E-state index is 0.979. The van der Waals surface area contributed by atoms with Gasteiger partial charge in [-0.2, -0.15) is 0 Å². The van der Waals surface area contributed by atoms with Crippen LogP contribution in [-0.4, -0.2) is 13.4 Å². The summed E-state index contributed by atoms with van der Waals surface area (Å²) >= 11 is 3.50. The number of methoxy groups -OCH3 is 1. The Hall–Kier alpha value is -0.670. The van der Waals surface area contributed by atoms with Crippen molar-refractivity contribution in [2.75, 3.05) is 13.4 Å². The Bertz CT molecular complexity index is 460. The van der Waals surface area contributed by atoms with Gasteiger partial charge in [-0.1, -0.05) is 0 Å². The summed E-state index contributed by atoms with van der Waals surface area (Å²) in [4.78, 5) is 1.21. The maximum absolute atomic E-state index is 5.34. The summed E-state index contributed by atoms with van der Waals surface area (Å²) in [5.74, 6) is 0.979. The van der Waals surface area contributed by atoms with Crippen molar-refractivity contribution in [1.29, 1.82) is 0 Å². The zero-order valence-corrected chi connectivity index (χ0v) is 10.1. The highest BCUT2D eigenvalue weighted by Gasteiger charge is 2.07. The molecule has 0 aliphatic carbocycles. The van der Waals surface area contributed by atoms with E-state index in [2.05, 4.69) is 30.7 Å². The minimum Gasteiger partial charge on any atom is -0.496 e. The topological polar surface area (TPSA) is 9.23 Å². The quantitative estimate of drug-likeness (QED) is 0.715. The Morgan fingerprint density at radius 1 is 1.36 bits per heavy atom. The van der Waals surface area contributed by atoms with Crippen LogP contribution in [0.25, 0.3) is 10.1 Å². The summed E-state index contributed by atoms with van der Waals surface area (Å²) in [5, 5.41) is 3.54. The van der Waals surface area contributed by atoms with Crippen molar-refractivity contribution in [3.05, 3.63) is 23.1 Å². The van der Waals surface area contributed by atoms with Crippen LogP contribution in [0.3, 0.4) is 0 Å². The number of aryl methyl sites for hydroxylation is 1. The highest BCUT2D eigenvalue weighted by atomic mass is 32.2. The zero-order valence-electron chi connectivity index (χ0n) is 8.46. The molecular formula is C11H12OS2. The fraction of sp³-hybridized carbons (Fsp3) is 0.273. The molecule has 1 heterocycles. The predicted molar refractivity (Wildman–Crippen MR) is 64.9 cm³/mol. The number of rotatable bonds is 2. The first kappa shape index (κ1) is 9.87. The van der Waals surface area contributed by atoms with Gasteiger partial charge in [-0.3, -0.25) is 0 Å². The molecular weight excluding hydrogens is 212 g/mol. The Labute approximate surface area is 92.1 Å². The van der Waals surface area contributed by atoms with E-state index in [1.54, 1.807) is 30.2 Å². The highest BCUT2D eigenvalue weighted by Crippen LogP contribution is 2.36. The molecule has 0 saturated heterocycles. The van der Waals surface area contributed by atoms with Crippen molar-refractivity contribution in [2.24, 2.45) is 0 Å². The van der Waals surface area contributed by atoms with E-state index >= 15 is 0 Å². The fourth-order valence-corrected chi connectivity index (χ4v) is 3.01. The molecule has 0 saturated carbocycles. The summed E-state index contributed by atoms with van der Waals surface area (Å²) in [5.41, 5.74) is 1.35. The Morgan fingerprint density at radius 2 is 2.14 bits per heavy atom. The average Bonchev–Trinajstić information content (AvgIpc) is 2.58. The van der Waals surface area contributed by atoms with E-state index < -0.39 is 0 Å². The molecule has 0 aliphatic heterocycles. The molecule has 0 N–H and O–H groups in total. The lowest BCUT2D eigenvalue weighted by molar-refractivity contribution is 0.405. The normalized spacial score (nSPS) is 10.8. The first-order valence-corrected chi connectivity index (χ1v) is 6.46. The largest absolute Gasteiger partial charge is 0.496 e. The minimum absolute atomic E-state index is 0.979. The van der Waals surface area contributed by atoms with Gasteiger partial charge in [-0.15, -0.1) is 23.1 Å². The molecule has 1 aromatic carbocycles. The number of hydrogen-bond acceptors (Lipinski definition) is 3. The van der Waals surface area contributed by atoms with Gasteiger partial charge in [-0.05, 0) is 41.6 Å². The van der Waals surface area contributed by atoms with Crippen molar-refractivity contribution in [1.82, 2.24) is 0 Å². The lowest BCUT2D eigenvalue weighted by Crippen LogP contribution is -1.85. The number of benzene rings is 1. The molecule has 0 unspecified atom stereocenters. The number of ether oxygens (including phenoxy) is 1. The van der Waals surface area contributed by atoms with Gasteiger partial charge in [-0.25, -0.2) is 0 Å². The van der Waals surface area contributed by atoms with Gasteiger partial charge in [0.05, 0.1) is 7.11 Å². The Balaban J connectivity index is 2.71. The third-order valence-electron chi connectivity index (χ3n) is 2.27. The maximum atomic E-state index is 5.34. The molecule has 0 aliphatic rings. The number of hydrogen-bond donors (Lipinski definition) is 0. The van der Waals surface area contributed by atoms with E-state index in [4.69, 9.17) is 4.74 Å². The number of fused-ring (bicyclic) bond motifs is 1. The molecule has 74 valence electrons. The van der Waals surface area contributed by atoms with Crippen LogP contribution in [-0.2, 0) is 0 Å². The van der Waals surface area contributed by atoms with Gasteiger partial charge in [0.25, 0.3) is 0 Å². The molecule has 3 heteroatoms. The second kappa shape index (κ2) is 3.83. The first-order valence-electron chi connectivity index (χ1n) is 4.36. The van der Waals surface area contributed by atoms with Crippen LogP contribution in [0.5, 0.6) is 5.75 Å². The smallest absolute Gasteiger partial charge is 0.133 e. The Morgan fingerprint density at radius 3 is 2.79 bits per heavy atom. The van der Waals surface area contributed by atoms with Crippen LogP contribution < -0.4 is 4.74 Å². The molecule has 1 aromatic heterocycles. The van der Waals surface area contributed by atoms with Crippen molar-refractivity contribution >= 4 is 33.2 Å². The molecule has 2 rings (SSSR count). The monoisotopic (exact) mass is 224 g/mol. The second-order valence-electron chi connectivity index (χ2n) is 3.12. The lowest BCUT2D eigenvalue weighted by atomic mass is 10.2. The van der Waals surface area contributed by atoms with E-state index in [-0.39, 0.29) is 0 Å². The summed E-state index contributed by atoms with van der Waals surface area (Å²) in [6.07, 6.45) is 2.07. The molecule has 0 spiro atoms. The van der Waals surface area contributed by atoms with E-state index in [0.717, 1.165) is 5.75 Å². The second-order valence-corrected chi connectivity index (χ2v) is 4.88. The zero-order chi connectivity index (χ0) is 10.1. The van der Waals surface area contributed by atoms with Crippen LogP contribution in [0.4, 0.5) is 0 Å². The van der Waals surface area contributed by atoms with Crippen molar-refractivity contribution in [3.63, 3.8) is 0 Å².